The molecule has 1 aromatic carbocycles. The van der Waals surface area contributed by atoms with Gasteiger partial charge in [-0.2, -0.15) is 0 Å². The molecule has 5 nitrogen and oxygen atoms in total. The lowest BCUT2D eigenvalue weighted by atomic mass is 9.98. The zero-order valence-corrected chi connectivity index (χ0v) is 15.5. The summed E-state index contributed by atoms with van der Waals surface area (Å²) in [4.78, 5) is 15.8. The molecule has 0 spiro atoms. The molecule has 0 aromatic heterocycles. The van der Waals surface area contributed by atoms with Gasteiger partial charge in [0, 0.05) is 20.1 Å². The van der Waals surface area contributed by atoms with E-state index in [1.807, 2.05) is 0 Å². The summed E-state index contributed by atoms with van der Waals surface area (Å²) in [5.74, 6) is 0.323. The lowest BCUT2D eigenvalue weighted by Crippen LogP contribution is -2.43. The van der Waals surface area contributed by atoms with Gasteiger partial charge in [-0.15, -0.1) is 0 Å². The third-order valence-electron chi connectivity index (χ3n) is 4.04. The molecule has 0 aliphatic rings. The van der Waals surface area contributed by atoms with Crippen LogP contribution < -0.4 is 16.4 Å². The first-order valence-electron chi connectivity index (χ1n) is 8.90. The van der Waals surface area contributed by atoms with Gasteiger partial charge in [0.15, 0.2) is 5.96 Å². The number of carbonyl (C=O) groups is 1. The van der Waals surface area contributed by atoms with Crippen LogP contribution in [0.15, 0.2) is 29.3 Å². The van der Waals surface area contributed by atoms with Crippen molar-refractivity contribution in [1.29, 1.82) is 0 Å². The van der Waals surface area contributed by atoms with Crippen molar-refractivity contribution < 1.29 is 9.18 Å². The molecule has 0 bridgehead atoms. The molecule has 25 heavy (non-hydrogen) atoms. The minimum absolute atomic E-state index is 0.292. The van der Waals surface area contributed by atoms with Crippen LogP contribution in [0.25, 0.3) is 0 Å². The van der Waals surface area contributed by atoms with E-state index in [2.05, 4.69) is 29.5 Å². The van der Waals surface area contributed by atoms with Crippen LogP contribution in [0, 0.1) is 17.7 Å². The van der Waals surface area contributed by atoms with E-state index in [1.54, 1.807) is 19.2 Å². The Morgan fingerprint density at radius 1 is 1.20 bits per heavy atom. The standard InChI is InChI=1S/C19H31FN4O/c1-14(2)6-4-5-11-23-19(22-3)24-13-16(18(21)25)12-15-7-9-17(20)10-8-15/h7-10,14,16H,4-6,11-13H2,1-3H3,(H2,21,25)(H2,22,23,24). The number of carbonyl (C=O) groups excluding carboxylic acids is 1. The number of rotatable bonds is 10. The van der Waals surface area contributed by atoms with Crippen molar-refractivity contribution in [3.8, 4) is 0 Å². The number of nitrogens with two attached hydrogens (primary N) is 1. The average molecular weight is 350 g/mol. The van der Waals surface area contributed by atoms with Crippen LogP contribution in [0.2, 0.25) is 0 Å². The van der Waals surface area contributed by atoms with Crippen molar-refractivity contribution in [2.75, 3.05) is 20.1 Å². The second-order valence-electron chi connectivity index (χ2n) is 6.70. The molecule has 1 amide bonds. The zero-order valence-electron chi connectivity index (χ0n) is 15.5. The molecule has 140 valence electrons. The maximum atomic E-state index is 13.0. The smallest absolute Gasteiger partial charge is 0.222 e. The predicted octanol–water partition coefficient (Wildman–Crippen LogP) is 2.46. The maximum Gasteiger partial charge on any atom is 0.222 e. The van der Waals surface area contributed by atoms with E-state index in [-0.39, 0.29) is 17.6 Å². The summed E-state index contributed by atoms with van der Waals surface area (Å²) in [6, 6.07) is 6.12. The number of primary amides is 1. The van der Waals surface area contributed by atoms with Crippen LogP contribution in [0.5, 0.6) is 0 Å². The average Bonchev–Trinajstić information content (AvgIpc) is 2.57. The molecular formula is C19H31FN4O. The van der Waals surface area contributed by atoms with Gasteiger partial charge in [0.05, 0.1) is 5.92 Å². The molecule has 0 aliphatic heterocycles. The summed E-state index contributed by atoms with van der Waals surface area (Å²) in [5.41, 5.74) is 6.38. The monoisotopic (exact) mass is 350 g/mol. The van der Waals surface area contributed by atoms with Crippen molar-refractivity contribution in [3.63, 3.8) is 0 Å². The van der Waals surface area contributed by atoms with Gasteiger partial charge in [-0.1, -0.05) is 38.8 Å². The van der Waals surface area contributed by atoms with E-state index in [4.69, 9.17) is 5.73 Å². The molecule has 6 heteroatoms. The molecule has 1 aromatic rings. The Kier molecular flexibility index (Phi) is 9.58. The van der Waals surface area contributed by atoms with Gasteiger partial charge in [0.25, 0.3) is 0 Å². The number of unbranched alkanes of at least 4 members (excludes halogenated alkanes) is 1. The zero-order chi connectivity index (χ0) is 18.7. The highest BCUT2D eigenvalue weighted by Crippen LogP contribution is 2.09. The van der Waals surface area contributed by atoms with Crippen LogP contribution >= 0.6 is 0 Å². The van der Waals surface area contributed by atoms with Crippen molar-refractivity contribution in [3.05, 3.63) is 35.6 Å². The fourth-order valence-electron chi connectivity index (χ4n) is 2.50. The molecule has 1 rings (SSSR count). The second-order valence-corrected chi connectivity index (χ2v) is 6.70. The SMILES string of the molecule is CN=C(NCCCCC(C)C)NCC(Cc1ccc(F)cc1)C(N)=O. The Morgan fingerprint density at radius 2 is 1.88 bits per heavy atom. The summed E-state index contributed by atoms with van der Waals surface area (Å²) in [5, 5.41) is 6.39. The van der Waals surface area contributed by atoms with Gasteiger partial charge in [-0.25, -0.2) is 4.39 Å². The minimum atomic E-state index is -0.385. The van der Waals surface area contributed by atoms with Crippen molar-refractivity contribution in [1.82, 2.24) is 10.6 Å². The molecular weight excluding hydrogens is 319 g/mol. The van der Waals surface area contributed by atoms with Crippen molar-refractivity contribution in [2.24, 2.45) is 22.6 Å². The molecule has 0 saturated carbocycles. The number of hydrogen-bond acceptors (Lipinski definition) is 2. The van der Waals surface area contributed by atoms with Gasteiger partial charge in [-0.3, -0.25) is 9.79 Å². The van der Waals surface area contributed by atoms with Gasteiger partial charge >= 0.3 is 0 Å². The molecule has 0 aliphatic carbocycles. The Labute approximate surface area is 150 Å². The third-order valence-corrected chi connectivity index (χ3v) is 4.04. The number of amides is 1. The first-order chi connectivity index (χ1) is 11.9. The summed E-state index contributed by atoms with van der Waals surface area (Å²) < 4.78 is 13.0. The highest BCUT2D eigenvalue weighted by Gasteiger charge is 2.16. The van der Waals surface area contributed by atoms with Crippen LogP contribution in [-0.4, -0.2) is 32.0 Å². The third kappa shape index (κ3) is 9.08. The van der Waals surface area contributed by atoms with Crippen molar-refractivity contribution >= 4 is 11.9 Å². The van der Waals surface area contributed by atoms with E-state index >= 15 is 0 Å². The summed E-state index contributed by atoms with van der Waals surface area (Å²) in [6.45, 7) is 5.67. The molecule has 0 saturated heterocycles. The Bertz CT molecular complexity index is 543. The van der Waals surface area contributed by atoms with Gasteiger partial charge in [0.2, 0.25) is 5.91 Å². The normalized spacial score (nSPS) is 12.9. The number of guanidine groups is 1. The lowest BCUT2D eigenvalue weighted by molar-refractivity contribution is -0.121. The fraction of sp³-hybridized carbons (Fsp3) is 0.579. The van der Waals surface area contributed by atoms with E-state index in [9.17, 15) is 9.18 Å². The Morgan fingerprint density at radius 3 is 2.44 bits per heavy atom. The Balaban J connectivity index is 2.41. The molecule has 4 N–H and O–H groups in total. The van der Waals surface area contributed by atoms with Crippen LogP contribution in [-0.2, 0) is 11.2 Å². The topological polar surface area (TPSA) is 79.5 Å². The van der Waals surface area contributed by atoms with Gasteiger partial charge < -0.3 is 16.4 Å². The van der Waals surface area contributed by atoms with E-state index in [0.29, 0.717) is 18.9 Å². The fourth-order valence-corrected chi connectivity index (χ4v) is 2.50. The minimum Gasteiger partial charge on any atom is -0.369 e. The number of hydrogen-bond donors (Lipinski definition) is 3. The Hall–Kier alpha value is -2.11. The first kappa shape index (κ1) is 20.9. The molecule has 0 radical (unpaired) electrons. The van der Waals surface area contributed by atoms with E-state index < -0.39 is 0 Å². The summed E-state index contributed by atoms with van der Waals surface area (Å²) >= 11 is 0. The molecule has 1 atom stereocenters. The molecule has 0 fully saturated rings. The lowest BCUT2D eigenvalue weighted by Gasteiger charge is -2.17. The number of aliphatic imine (C=N–C) groups is 1. The largest absolute Gasteiger partial charge is 0.369 e. The maximum absolute atomic E-state index is 13.0. The second kappa shape index (κ2) is 11.4. The van der Waals surface area contributed by atoms with Crippen LogP contribution in [0.1, 0.15) is 38.7 Å². The molecule has 1 unspecified atom stereocenters. The number of benzene rings is 1. The van der Waals surface area contributed by atoms with Crippen LogP contribution in [0.4, 0.5) is 4.39 Å². The highest BCUT2D eigenvalue weighted by atomic mass is 19.1. The predicted molar refractivity (Wildman–Crippen MR) is 101 cm³/mol. The first-order valence-corrected chi connectivity index (χ1v) is 8.90. The highest BCUT2D eigenvalue weighted by molar-refractivity contribution is 5.81. The van der Waals surface area contributed by atoms with Crippen LogP contribution in [0.3, 0.4) is 0 Å². The summed E-state index contributed by atoms with van der Waals surface area (Å²) in [7, 11) is 1.70. The van der Waals surface area contributed by atoms with E-state index in [0.717, 1.165) is 24.4 Å². The number of nitrogens with zero attached hydrogens (tertiary/aromatic N) is 1. The van der Waals surface area contributed by atoms with E-state index in [1.165, 1.54) is 25.0 Å². The number of nitrogens with one attached hydrogen (secondary N) is 2. The number of halogens is 1. The summed E-state index contributed by atoms with van der Waals surface area (Å²) in [6.07, 6.45) is 3.94. The van der Waals surface area contributed by atoms with Crippen molar-refractivity contribution in [2.45, 2.75) is 39.5 Å². The van der Waals surface area contributed by atoms with Gasteiger partial charge in [0.1, 0.15) is 5.82 Å². The molecule has 0 heterocycles. The van der Waals surface area contributed by atoms with Gasteiger partial charge in [-0.05, 0) is 36.5 Å². The quantitative estimate of drug-likeness (QED) is 0.344.